The van der Waals surface area contributed by atoms with E-state index in [2.05, 4.69) is 46.4 Å². The quantitative estimate of drug-likeness (QED) is 0.548. The molecule has 3 aromatic rings. The highest BCUT2D eigenvalue weighted by Crippen LogP contribution is 2.29. The van der Waals surface area contributed by atoms with Crippen LogP contribution in [0, 0.1) is 18.2 Å². The molecule has 9 heteroatoms. The summed E-state index contributed by atoms with van der Waals surface area (Å²) < 4.78 is 21.4. The molecule has 1 aliphatic heterocycles. The number of carbonyl (C=O) groups is 1. The molecule has 2 aromatic heterocycles. The Hall–Kier alpha value is -3.46. The molecule has 1 aliphatic rings. The van der Waals surface area contributed by atoms with Crippen LogP contribution in [0.25, 0.3) is 11.3 Å². The number of nitrogens with zero attached hydrogens (tertiary/aromatic N) is 4. The van der Waals surface area contributed by atoms with E-state index in [1.807, 2.05) is 19.1 Å². The minimum absolute atomic E-state index is 0.0177. The molecule has 0 saturated carbocycles. The Balaban J connectivity index is 1.56. The number of pyridine rings is 1. The second-order valence-corrected chi connectivity index (χ2v) is 10.1. The SMILES string of the molecule is Cc1ncc(Nc2cc(F)cc(N3CCOCC3)c2)cc1-c1cc(C(=O)NCC(C)(C)C)n(C)n1. The second-order valence-electron chi connectivity index (χ2n) is 10.1. The van der Waals surface area contributed by atoms with Gasteiger partial charge in [0.25, 0.3) is 5.91 Å². The molecule has 35 heavy (non-hydrogen) atoms. The topological polar surface area (TPSA) is 84.3 Å². The van der Waals surface area contributed by atoms with Crippen molar-refractivity contribution in [2.45, 2.75) is 27.7 Å². The van der Waals surface area contributed by atoms with Crippen LogP contribution in [0.1, 0.15) is 37.0 Å². The van der Waals surface area contributed by atoms with E-state index < -0.39 is 0 Å². The van der Waals surface area contributed by atoms with Crippen molar-refractivity contribution in [2.75, 3.05) is 43.1 Å². The molecular weight excluding hydrogens is 447 g/mol. The van der Waals surface area contributed by atoms with Gasteiger partial charge in [-0.2, -0.15) is 5.10 Å². The van der Waals surface area contributed by atoms with Crippen LogP contribution < -0.4 is 15.5 Å². The normalized spacial score (nSPS) is 14.2. The third kappa shape index (κ3) is 6.16. The van der Waals surface area contributed by atoms with Crippen LogP contribution in [0.2, 0.25) is 0 Å². The minimum atomic E-state index is -0.313. The maximum absolute atomic E-state index is 14.4. The number of rotatable bonds is 6. The van der Waals surface area contributed by atoms with Crippen LogP contribution in [-0.2, 0) is 11.8 Å². The number of anilines is 3. The van der Waals surface area contributed by atoms with E-state index in [9.17, 15) is 9.18 Å². The van der Waals surface area contributed by atoms with E-state index in [0.29, 0.717) is 42.5 Å². The van der Waals surface area contributed by atoms with Crippen LogP contribution in [-0.4, -0.2) is 53.5 Å². The third-order valence-electron chi connectivity index (χ3n) is 5.80. The highest BCUT2D eigenvalue weighted by molar-refractivity contribution is 5.93. The number of hydrogen-bond donors (Lipinski definition) is 2. The van der Waals surface area contributed by atoms with E-state index in [4.69, 9.17) is 4.74 Å². The molecule has 4 rings (SSSR count). The molecule has 0 bridgehead atoms. The molecule has 186 valence electrons. The summed E-state index contributed by atoms with van der Waals surface area (Å²) in [4.78, 5) is 19.3. The fourth-order valence-corrected chi connectivity index (χ4v) is 3.93. The number of ether oxygens (including phenoxy) is 1. The van der Waals surface area contributed by atoms with Crippen molar-refractivity contribution < 1.29 is 13.9 Å². The van der Waals surface area contributed by atoms with Crippen molar-refractivity contribution in [3.05, 3.63) is 53.7 Å². The number of halogens is 1. The third-order valence-corrected chi connectivity index (χ3v) is 5.80. The van der Waals surface area contributed by atoms with Gasteiger partial charge in [0.1, 0.15) is 11.5 Å². The monoisotopic (exact) mass is 480 g/mol. The van der Waals surface area contributed by atoms with Gasteiger partial charge in [0.15, 0.2) is 0 Å². The molecule has 2 N–H and O–H groups in total. The Kier molecular flexibility index (Phi) is 7.07. The van der Waals surface area contributed by atoms with Crippen LogP contribution in [0.4, 0.5) is 21.5 Å². The summed E-state index contributed by atoms with van der Waals surface area (Å²) in [6.45, 7) is 11.4. The number of aryl methyl sites for hydroxylation is 2. The molecule has 1 saturated heterocycles. The number of morpholine rings is 1. The number of hydrogen-bond acceptors (Lipinski definition) is 6. The van der Waals surface area contributed by atoms with Crippen molar-refractivity contribution >= 4 is 23.0 Å². The zero-order chi connectivity index (χ0) is 25.2. The fourth-order valence-electron chi connectivity index (χ4n) is 3.93. The van der Waals surface area contributed by atoms with Gasteiger partial charge in [-0.15, -0.1) is 0 Å². The molecule has 8 nitrogen and oxygen atoms in total. The van der Waals surface area contributed by atoms with E-state index in [1.165, 1.54) is 12.1 Å². The van der Waals surface area contributed by atoms with Crippen molar-refractivity contribution in [3.63, 3.8) is 0 Å². The summed E-state index contributed by atoms with van der Waals surface area (Å²) in [6, 6.07) is 8.61. The summed E-state index contributed by atoms with van der Waals surface area (Å²) in [5.74, 6) is -0.483. The smallest absolute Gasteiger partial charge is 0.269 e. The number of amides is 1. The Morgan fingerprint density at radius 3 is 2.57 bits per heavy atom. The predicted molar refractivity (Wildman–Crippen MR) is 136 cm³/mol. The van der Waals surface area contributed by atoms with Gasteiger partial charge in [-0.25, -0.2) is 4.39 Å². The number of benzene rings is 1. The Bertz CT molecular complexity index is 1210. The number of carbonyl (C=O) groups excluding carboxylic acids is 1. The zero-order valence-electron chi connectivity index (χ0n) is 21.0. The number of aromatic nitrogens is 3. The van der Waals surface area contributed by atoms with Gasteiger partial charge in [0.2, 0.25) is 0 Å². The number of nitrogens with one attached hydrogen (secondary N) is 2. The fraction of sp³-hybridized carbons (Fsp3) is 0.423. The first-order valence-electron chi connectivity index (χ1n) is 11.8. The average Bonchev–Trinajstić information content (AvgIpc) is 3.20. The first-order valence-corrected chi connectivity index (χ1v) is 11.8. The maximum Gasteiger partial charge on any atom is 0.269 e. The van der Waals surface area contributed by atoms with Gasteiger partial charge in [0.05, 0.1) is 30.8 Å². The lowest BCUT2D eigenvalue weighted by Crippen LogP contribution is -2.36. The lowest BCUT2D eigenvalue weighted by atomic mass is 9.97. The van der Waals surface area contributed by atoms with Crippen molar-refractivity contribution in [1.29, 1.82) is 0 Å². The lowest BCUT2D eigenvalue weighted by Gasteiger charge is -2.29. The summed E-state index contributed by atoms with van der Waals surface area (Å²) >= 11 is 0. The van der Waals surface area contributed by atoms with Gasteiger partial charge >= 0.3 is 0 Å². The predicted octanol–water partition coefficient (Wildman–Crippen LogP) is 4.29. The van der Waals surface area contributed by atoms with Gasteiger partial charge in [0, 0.05) is 49.3 Å². The first kappa shape index (κ1) is 24.7. The maximum atomic E-state index is 14.4. The molecule has 0 unspecified atom stereocenters. The van der Waals surface area contributed by atoms with Gasteiger partial charge in [-0.05, 0) is 42.7 Å². The van der Waals surface area contributed by atoms with Crippen molar-refractivity contribution in [1.82, 2.24) is 20.1 Å². The van der Waals surface area contributed by atoms with Gasteiger partial charge < -0.3 is 20.3 Å². The second kappa shape index (κ2) is 10.0. The van der Waals surface area contributed by atoms with Crippen molar-refractivity contribution in [3.8, 4) is 11.3 Å². The summed E-state index contributed by atoms with van der Waals surface area (Å²) in [7, 11) is 1.75. The molecule has 0 atom stereocenters. The van der Waals surface area contributed by atoms with Crippen molar-refractivity contribution in [2.24, 2.45) is 12.5 Å². The minimum Gasteiger partial charge on any atom is -0.378 e. The molecule has 0 radical (unpaired) electrons. The molecular formula is C26H33FN6O2. The largest absolute Gasteiger partial charge is 0.378 e. The van der Waals surface area contributed by atoms with E-state index in [-0.39, 0.29) is 17.1 Å². The van der Waals surface area contributed by atoms with Crippen LogP contribution in [0.3, 0.4) is 0 Å². The van der Waals surface area contributed by atoms with Crippen LogP contribution in [0.15, 0.2) is 36.5 Å². The molecule has 1 amide bonds. The molecule has 3 heterocycles. The lowest BCUT2D eigenvalue weighted by molar-refractivity contribution is 0.0930. The average molecular weight is 481 g/mol. The highest BCUT2D eigenvalue weighted by atomic mass is 19.1. The Morgan fingerprint density at radius 1 is 1.11 bits per heavy atom. The Morgan fingerprint density at radius 2 is 1.86 bits per heavy atom. The van der Waals surface area contributed by atoms with E-state index in [0.717, 1.165) is 30.0 Å². The summed E-state index contributed by atoms with van der Waals surface area (Å²) in [5, 5.41) is 10.8. The highest BCUT2D eigenvalue weighted by Gasteiger charge is 2.19. The Labute approximate surface area is 205 Å². The first-order chi connectivity index (χ1) is 16.6. The van der Waals surface area contributed by atoms with Gasteiger partial charge in [-0.3, -0.25) is 14.5 Å². The molecule has 0 aliphatic carbocycles. The molecule has 1 aromatic carbocycles. The standard InChI is InChI=1S/C26H33FN6O2/c1-17-22(23-14-24(32(5)31-23)25(34)29-16-26(2,3)4)13-20(15-28-17)30-19-10-18(27)11-21(12-19)33-6-8-35-9-7-33/h10-15,30H,6-9,16H2,1-5H3,(H,29,34). The van der Waals surface area contributed by atoms with Crippen LogP contribution >= 0.6 is 0 Å². The van der Waals surface area contributed by atoms with Gasteiger partial charge in [-0.1, -0.05) is 20.8 Å². The van der Waals surface area contributed by atoms with E-state index in [1.54, 1.807) is 24.0 Å². The molecule has 1 fully saturated rings. The van der Waals surface area contributed by atoms with Crippen LogP contribution in [0.5, 0.6) is 0 Å². The van der Waals surface area contributed by atoms with E-state index >= 15 is 0 Å². The summed E-state index contributed by atoms with van der Waals surface area (Å²) in [6.07, 6.45) is 1.71. The summed E-state index contributed by atoms with van der Waals surface area (Å²) in [5.41, 5.74) is 4.83. The zero-order valence-corrected chi connectivity index (χ0v) is 21.0. The molecule has 0 spiro atoms.